The molecule has 2 amide bonds. The number of nitrogens with zero attached hydrogens (tertiary/aromatic N) is 2. The third kappa shape index (κ3) is 4.63. The van der Waals surface area contributed by atoms with Crippen LogP contribution in [-0.2, 0) is 16.1 Å². The van der Waals surface area contributed by atoms with E-state index in [-0.39, 0.29) is 18.7 Å². The molecular formula is C19H27N3O5. The van der Waals surface area contributed by atoms with Gasteiger partial charge in [0.1, 0.15) is 6.04 Å². The molecule has 0 unspecified atom stereocenters. The monoisotopic (exact) mass is 377 g/mol. The van der Waals surface area contributed by atoms with E-state index in [1.54, 1.807) is 4.90 Å². The minimum absolute atomic E-state index is 0.0336. The van der Waals surface area contributed by atoms with Gasteiger partial charge in [0.25, 0.3) is 0 Å². The molecule has 1 aromatic carbocycles. The highest BCUT2D eigenvalue weighted by atomic mass is 16.7. The zero-order chi connectivity index (χ0) is 19.4. The summed E-state index contributed by atoms with van der Waals surface area (Å²) in [6, 6.07) is 5.12. The van der Waals surface area contributed by atoms with E-state index in [2.05, 4.69) is 10.2 Å². The normalized spacial score (nSPS) is 17.7. The highest BCUT2D eigenvalue weighted by molar-refractivity contribution is 5.83. The Bertz CT molecular complexity index is 686. The smallest absolute Gasteiger partial charge is 0.328 e. The summed E-state index contributed by atoms with van der Waals surface area (Å²) in [7, 11) is 1.33. The molecular weight excluding hydrogens is 350 g/mol. The summed E-state index contributed by atoms with van der Waals surface area (Å²) in [6.07, 6.45) is 0. The second kappa shape index (κ2) is 8.47. The molecule has 8 heteroatoms. The van der Waals surface area contributed by atoms with Crippen molar-refractivity contribution in [2.75, 3.05) is 40.1 Å². The minimum atomic E-state index is -0.630. The van der Waals surface area contributed by atoms with Crippen LogP contribution in [0.2, 0.25) is 0 Å². The first-order valence-electron chi connectivity index (χ1n) is 9.22. The van der Waals surface area contributed by atoms with Crippen molar-refractivity contribution in [2.45, 2.75) is 26.4 Å². The molecule has 1 fully saturated rings. The van der Waals surface area contributed by atoms with Crippen molar-refractivity contribution < 1.29 is 23.8 Å². The van der Waals surface area contributed by atoms with Crippen LogP contribution in [-0.4, -0.2) is 67.9 Å². The van der Waals surface area contributed by atoms with Gasteiger partial charge in [0.2, 0.25) is 6.79 Å². The van der Waals surface area contributed by atoms with Crippen molar-refractivity contribution in [3.8, 4) is 11.5 Å². The Hall–Kier alpha value is -2.48. The van der Waals surface area contributed by atoms with E-state index < -0.39 is 12.0 Å². The van der Waals surface area contributed by atoms with E-state index in [0.717, 1.165) is 36.7 Å². The van der Waals surface area contributed by atoms with Gasteiger partial charge in [0.05, 0.1) is 7.11 Å². The molecule has 1 aromatic rings. The lowest BCUT2D eigenvalue weighted by Crippen LogP contribution is -2.55. The van der Waals surface area contributed by atoms with E-state index in [4.69, 9.17) is 14.2 Å². The Morgan fingerprint density at radius 2 is 1.85 bits per heavy atom. The topological polar surface area (TPSA) is 80.3 Å². The molecule has 1 N–H and O–H groups in total. The molecule has 2 aliphatic rings. The SMILES string of the molecule is COC(=O)[C@@H](NC(=O)N1CCN(Cc2ccc3c(c2)OCO3)CC1)C(C)C. The largest absolute Gasteiger partial charge is 0.467 e. The van der Waals surface area contributed by atoms with Crippen LogP contribution in [0.25, 0.3) is 0 Å². The van der Waals surface area contributed by atoms with Crippen LogP contribution in [0.15, 0.2) is 18.2 Å². The molecule has 2 heterocycles. The molecule has 0 spiro atoms. The van der Waals surface area contributed by atoms with E-state index in [9.17, 15) is 9.59 Å². The Balaban J connectivity index is 1.49. The number of rotatable bonds is 5. The van der Waals surface area contributed by atoms with Gasteiger partial charge in [-0.1, -0.05) is 19.9 Å². The summed E-state index contributed by atoms with van der Waals surface area (Å²) in [5.41, 5.74) is 1.16. The predicted octanol–water partition coefficient (Wildman–Crippen LogP) is 1.44. The molecule has 27 heavy (non-hydrogen) atoms. The minimum Gasteiger partial charge on any atom is -0.467 e. The standard InChI is InChI=1S/C19H27N3O5/c1-13(2)17(18(23)25-3)20-19(24)22-8-6-21(7-9-22)11-14-4-5-15-16(10-14)27-12-26-15/h4-5,10,13,17H,6-9,11-12H2,1-3H3,(H,20,24)/t17-/m0/s1. The quantitative estimate of drug-likeness (QED) is 0.782. The van der Waals surface area contributed by atoms with Gasteiger partial charge in [-0.05, 0) is 23.6 Å². The average molecular weight is 377 g/mol. The maximum absolute atomic E-state index is 12.5. The summed E-state index contributed by atoms with van der Waals surface area (Å²) in [4.78, 5) is 28.3. The number of methoxy groups -OCH3 is 1. The number of amides is 2. The van der Waals surface area contributed by atoms with E-state index in [0.29, 0.717) is 13.1 Å². The number of carbonyl (C=O) groups excluding carboxylic acids is 2. The van der Waals surface area contributed by atoms with Crippen LogP contribution < -0.4 is 14.8 Å². The Kier molecular flexibility index (Phi) is 6.05. The van der Waals surface area contributed by atoms with Crippen molar-refractivity contribution in [3.05, 3.63) is 23.8 Å². The van der Waals surface area contributed by atoms with E-state index in [1.807, 2.05) is 32.0 Å². The number of hydrogen-bond donors (Lipinski definition) is 1. The number of fused-ring (bicyclic) bond motifs is 1. The number of nitrogens with one attached hydrogen (secondary N) is 1. The fraction of sp³-hybridized carbons (Fsp3) is 0.579. The molecule has 0 aromatic heterocycles. The van der Waals surface area contributed by atoms with Crippen LogP contribution in [0.1, 0.15) is 19.4 Å². The van der Waals surface area contributed by atoms with Crippen molar-refractivity contribution >= 4 is 12.0 Å². The van der Waals surface area contributed by atoms with Gasteiger partial charge in [-0.2, -0.15) is 0 Å². The number of hydrogen-bond acceptors (Lipinski definition) is 6. The van der Waals surface area contributed by atoms with Gasteiger partial charge in [0.15, 0.2) is 11.5 Å². The summed E-state index contributed by atoms with van der Waals surface area (Å²) in [5, 5.41) is 2.79. The van der Waals surface area contributed by atoms with Crippen molar-refractivity contribution in [1.29, 1.82) is 0 Å². The molecule has 0 saturated carbocycles. The fourth-order valence-corrected chi connectivity index (χ4v) is 3.26. The number of urea groups is 1. The maximum atomic E-state index is 12.5. The summed E-state index contributed by atoms with van der Waals surface area (Å²) in [6.45, 7) is 7.60. The molecule has 0 aliphatic carbocycles. The zero-order valence-electron chi connectivity index (χ0n) is 16.1. The molecule has 1 saturated heterocycles. The zero-order valence-corrected chi connectivity index (χ0v) is 16.1. The van der Waals surface area contributed by atoms with Gasteiger partial charge in [-0.3, -0.25) is 4.90 Å². The molecule has 8 nitrogen and oxygen atoms in total. The van der Waals surface area contributed by atoms with Crippen molar-refractivity contribution in [1.82, 2.24) is 15.1 Å². The number of benzene rings is 1. The first-order valence-corrected chi connectivity index (χ1v) is 9.22. The predicted molar refractivity (Wildman–Crippen MR) is 98.6 cm³/mol. The second-order valence-electron chi connectivity index (χ2n) is 7.15. The number of ether oxygens (including phenoxy) is 3. The van der Waals surface area contributed by atoms with Gasteiger partial charge in [-0.25, -0.2) is 9.59 Å². The Labute approximate surface area is 159 Å². The average Bonchev–Trinajstić information content (AvgIpc) is 3.13. The van der Waals surface area contributed by atoms with Crippen LogP contribution >= 0.6 is 0 Å². The summed E-state index contributed by atoms with van der Waals surface area (Å²) in [5.74, 6) is 1.12. The molecule has 0 bridgehead atoms. The molecule has 2 aliphatic heterocycles. The van der Waals surface area contributed by atoms with Gasteiger partial charge in [0, 0.05) is 32.7 Å². The van der Waals surface area contributed by atoms with Crippen molar-refractivity contribution in [3.63, 3.8) is 0 Å². The lowest BCUT2D eigenvalue weighted by atomic mass is 10.1. The third-order valence-corrected chi connectivity index (χ3v) is 4.90. The van der Waals surface area contributed by atoms with Crippen LogP contribution in [0.3, 0.4) is 0 Å². The fourth-order valence-electron chi connectivity index (χ4n) is 3.26. The number of carbonyl (C=O) groups is 2. The van der Waals surface area contributed by atoms with E-state index >= 15 is 0 Å². The Morgan fingerprint density at radius 1 is 1.15 bits per heavy atom. The second-order valence-corrected chi connectivity index (χ2v) is 7.15. The Morgan fingerprint density at radius 3 is 2.52 bits per heavy atom. The third-order valence-electron chi connectivity index (χ3n) is 4.90. The first-order chi connectivity index (χ1) is 13.0. The molecule has 0 radical (unpaired) electrons. The lowest BCUT2D eigenvalue weighted by Gasteiger charge is -2.35. The van der Waals surface area contributed by atoms with Gasteiger partial charge in [-0.15, -0.1) is 0 Å². The van der Waals surface area contributed by atoms with Crippen LogP contribution in [0.4, 0.5) is 4.79 Å². The number of esters is 1. The van der Waals surface area contributed by atoms with Crippen LogP contribution in [0.5, 0.6) is 11.5 Å². The van der Waals surface area contributed by atoms with Gasteiger partial charge < -0.3 is 24.4 Å². The highest BCUT2D eigenvalue weighted by Crippen LogP contribution is 2.32. The first kappa shape index (κ1) is 19.3. The van der Waals surface area contributed by atoms with Crippen molar-refractivity contribution in [2.24, 2.45) is 5.92 Å². The van der Waals surface area contributed by atoms with Gasteiger partial charge >= 0.3 is 12.0 Å². The van der Waals surface area contributed by atoms with Crippen LogP contribution in [0, 0.1) is 5.92 Å². The summed E-state index contributed by atoms with van der Waals surface area (Å²) < 4.78 is 15.5. The number of piperazine rings is 1. The lowest BCUT2D eigenvalue weighted by molar-refractivity contribution is -0.144. The van der Waals surface area contributed by atoms with E-state index in [1.165, 1.54) is 7.11 Å². The highest BCUT2D eigenvalue weighted by Gasteiger charge is 2.28. The summed E-state index contributed by atoms with van der Waals surface area (Å²) >= 11 is 0. The molecule has 148 valence electrons. The molecule has 1 atom stereocenters. The maximum Gasteiger partial charge on any atom is 0.328 e. The molecule has 3 rings (SSSR count).